The number of hydrogen-bond donors (Lipinski definition) is 7. The Morgan fingerprint density at radius 1 is 0.771 bits per heavy atom. The second-order valence-corrected chi connectivity index (χ2v) is 9.53. The summed E-state index contributed by atoms with van der Waals surface area (Å²) in [6, 6.07) is -4.59. The number of thioether (sulfide) groups is 1. The summed E-state index contributed by atoms with van der Waals surface area (Å²) in [7, 11) is 0. The number of amides is 5. The molecule has 0 saturated carbocycles. The van der Waals surface area contributed by atoms with Crippen molar-refractivity contribution in [2.24, 2.45) is 23.1 Å². The summed E-state index contributed by atoms with van der Waals surface area (Å²) >= 11 is 1.42. The monoisotopic (exact) mass is 518 g/mol. The predicted octanol–water partition coefficient (Wildman–Crippen LogP) is -1.82. The fourth-order valence-electron chi connectivity index (χ4n) is 3.01. The van der Waals surface area contributed by atoms with Crippen molar-refractivity contribution >= 4 is 47.3 Å². The first-order valence-electron chi connectivity index (χ1n) is 11.2. The van der Waals surface area contributed by atoms with Gasteiger partial charge in [0.1, 0.15) is 18.1 Å². The van der Waals surface area contributed by atoms with E-state index in [2.05, 4.69) is 16.0 Å². The second-order valence-electron chi connectivity index (χ2n) is 8.55. The Morgan fingerprint density at radius 3 is 1.69 bits per heavy atom. The average molecular weight is 519 g/mol. The Balaban J connectivity index is 5.51. The van der Waals surface area contributed by atoms with Gasteiger partial charge in [0, 0.05) is 12.8 Å². The minimum atomic E-state index is -1.25. The van der Waals surface area contributed by atoms with Crippen LogP contribution in [-0.4, -0.2) is 76.8 Å². The molecule has 0 fully saturated rings. The number of hydrogen-bond acceptors (Lipinski definition) is 8. The SMILES string of the molecule is CSCCC(NC(=O)C(CCC(N)=O)NC(=O)C(N)CCC(N)=O)C(=O)NC(CC(C)C)C(=O)O. The molecule has 0 saturated heterocycles. The van der Waals surface area contributed by atoms with E-state index in [4.69, 9.17) is 17.2 Å². The highest BCUT2D eigenvalue weighted by atomic mass is 32.2. The lowest BCUT2D eigenvalue weighted by Gasteiger charge is -2.25. The maximum Gasteiger partial charge on any atom is 0.326 e. The number of rotatable bonds is 18. The summed E-state index contributed by atoms with van der Waals surface area (Å²) in [5.74, 6) is -4.25. The summed E-state index contributed by atoms with van der Waals surface area (Å²) in [6.45, 7) is 3.63. The van der Waals surface area contributed by atoms with Crippen LogP contribution in [-0.2, 0) is 28.8 Å². The van der Waals surface area contributed by atoms with E-state index in [0.717, 1.165) is 0 Å². The zero-order valence-electron chi connectivity index (χ0n) is 20.4. The summed E-state index contributed by atoms with van der Waals surface area (Å²) < 4.78 is 0. The van der Waals surface area contributed by atoms with Gasteiger partial charge < -0.3 is 38.3 Å². The highest BCUT2D eigenvalue weighted by Gasteiger charge is 2.30. The number of carbonyl (C=O) groups excluding carboxylic acids is 5. The van der Waals surface area contributed by atoms with Gasteiger partial charge in [-0.05, 0) is 43.6 Å². The third-order valence-electron chi connectivity index (χ3n) is 4.92. The number of primary amides is 2. The molecule has 4 atom stereocenters. The van der Waals surface area contributed by atoms with Crippen LogP contribution in [0.1, 0.15) is 52.4 Å². The van der Waals surface area contributed by atoms with Gasteiger partial charge >= 0.3 is 5.97 Å². The quantitative estimate of drug-likeness (QED) is 0.108. The molecule has 35 heavy (non-hydrogen) atoms. The van der Waals surface area contributed by atoms with Crippen LogP contribution in [0.4, 0.5) is 0 Å². The number of carboxylic acid groups (broad SMARTS) is 1. The number of nitrogens with one attached hydrogen (secondary N) is 3. The van der Waals surface area contributed by atoms with Crippen molar-refractivity contribution in [3.8, 4) is 0 Å². The number of carboxylic acids is 1. The maximum atomic E-state index is 13.0. The van der Waals surface area contributed by atoms with Crippen molar-refractivity contribution in [1.29, 1.82) is 0 Å². The molecule has 0 heterocycles. The van der Waals surface area contributed by atoms with Gasteiger partial charge in [-0.2, -0.15) is 11.8 Å². The zero-order valence-corrected chi connectivity index (χ0v) is 21.2. The van der Waals surface area contributed by atoms with Gasteiger partial charge in [-0.3, -0.25) is 24.0 Å². The van der Waals surface area contributed by atoms with Crippen LogP contribution >= 0.6 is 11.8 Å². The fourth-order valence-corrected chi connectivity index (χ4v) is 3.48. The van der Waals surface area contributed by atoms with Crippen molar-refractivity contribution in [2.45, 2.75) is 76.5 Å². The van der Waals surface area contributed by atoms with Crippen molar-refractivity contribution in [3.05, 3.63) is 0 Å². The minimum Gasteiger partial charge on any atom is -0.480 e. The highest BCUT2D eigenvalue weighted by Crippen LogP contribution is 2.08. The molecule has 4 unspecified atom stereocenters. The highest BCUT2D eigenvalue weighted by molar-refractivity contribution is 7.98. The molecule has 0 aromatic heterocycles. The summed E-state index contributed by atoms with van der Waals surface area (Å²) in [6.07, 6.45) is 1.63. The van der Waals surface area contributed by atoms with Gasteiger partial charge in [0.15, 0.2) is 0 Å². The lowest BCUT2D eigenvalue weighted by Crippen LogP contribution is -2.57. The van der Waals surface area contributed by atoms with Crippen LogP contribution in [0.2, 0.25) is 0 Å². The van der Waals surface area contributed by atoms with E-state index in [0.29, 0.717) is 5.75 Å². The first kappa shape index (κ1) is 32.1. The molecule has 0 bridgehead atoms. The molecule has 0 aliphatic rings. The Kier molecular flexibility index (Phi) is 15.3. The Labute approximate surface area is 209 Å². The van der Waals surface area contributed by atoms with Crippen molar-refractivity contribution < 1.29 is 33.9 Å². The largest absolute Gasteiger partial charge is 0.480 e. The number of carbonyl (C=O) groups is 6. The standard InChI is InChI=1S/C21H38N6O7S/c1-11(2)10-15(21(33)34)27-20(32)14(8-9-35-3)26-19(31)13(5-7-17(24)29)25-18(30)12(22)4-6-16(23)28/h11-15H,4-10,22H2,1-3H3,(H2,23,28)(H2,24,29)(H,25,30)(H,26,31)(H,27,32)(H,33,34). The van der Waals surface area contributed by atoms with E-state index >= 15 is 0 Å². The van der Waals surface area contributed by atoms with Crippen LogP contribution in [0, 0.1) is 5.92 Å². The van der Waals surface area contributed by atoms with E-state index in [1.807, 2.05) is 13.8 Å². The second kappa shape index (κ2) is 16.7. The van der Waals surface area contributed by atoms with E-state index < -0.39 is 59.7 Å². The Hall–Kier alpha value is -2.87. The van der Waals surface area contributed by atoms with Gasteiger partial charge in [0.05, 0.1) is 6.04 Å². The van der Waals surface area contributed by atoms with Crippen molar-refractivity contribution in [1.82, 2.24) is 16.0 Å². The molecule has 0 aliphatic heterocycles. The molecule has 0 radical (unpaired) electrons. The Bertz CT molecular complexity index is 764. The summed E-state index contributed by atoms with van der Waals surface area (Å²) in [5.41, 5.74) is 16.0. The van der Waals surface area contributed by atoms with Crippen LogP contribution in [0.3, 0.4) is 0 Å². The Morgan fingerprint density at radius 2 is 1.23 bits per heavy atom. The van der Waals surface area contributed by atoms with Gasteiger partial charge in [-0.1, -0.05) is 13.8 Å². The number of nitrogens with two attached hydrogens (primary N) is 3. The van der Waals surface area contributed by atoms with Gasteiger partial charge in [0.25, 0.3) is 0 Å². The fraction of sp³-hybridized carbons (Fsp3) is 0.714. The first-order chi connectivity index (χ1) is 16.3. The number of aliphatic carboxylic acids is 1. The van der Waals surface area contributed by atoms with Crippen LogP contribution in [0.25, 0.3) is 0 Å². The van der Waals surface area contributed by atoms with Crippen LogP contribution < -0.4 is 33.2 Å². The van der Waals surface area contributed by atoms with E-state index in [9.17, 15) is 33.9 Å². The van der Waals surface area contributed by atoms with E-state index in [1.165, 1.54) is 11.8 Å². The third kappa shape index (κ3) is 14.2. The maximum absolute atomic E-state index is 13.0. The molecule has 200 valence electrons. The normalized spacial score (nSPS) is 14.3. The lowest BCUT2D eigenvalue weighted by molar-refractivity contribution is -0.142. The molecule has 0 rings (SSSR count). The lowest BCUT2D eigenvalue weighted by atomic mass is 10.0. The third-order valence-corrected chi connectivity index (χ3v) is 5.56. The molecule has 0 aromatic carbocycles. The van der Waals surface area contributed by atoms with Gasteiger partial charge in [-0.15, -0.1) is 0 Å². The molecule has 0 aromatic rings. The molecular formula is C21H38N6O7S. The van der Waals surface area contributed by atoms with Crippen LogP contribution in [0.15, 0.2) is 0 Å². The zero-order chi connectivity index (χ0) is 27.1. The first-order valence-corrected chi connectivity index (χ1v) is 12.6. The molecule has 5 amide bonds. The van der Waals surface area contributed by atoms with E-state index in [1.54, 1.807) is 6.26 Å². The van der Waals surface area contributed by atoms with Crippen molar-refractivity contribution in [2.75, 3.05) is 12.0 Å². The molecule has 14 heteroatoms. The molecular weight excluding hydrogens is 480 g/mol. The van der Waals surface area contributed by atoms with Crippen LogP contribution in [0.5, 0.6) is 0 Å². The molecule has 10 N–H and O–H groups in total. The molecule has 0 aliphatic carbocycles. The predicted molar refractivity (Wildman–Crippen MR) is 131 cm³/mol. The van der Waals surface area contributed by atoms with E-state index in [-0.39, 0.29) is 44.4 Å². The molecule has 13 nitrogen and oxygen atoms in total. The summed E-state index contributed by atoms with van der Waals surface area (Å²) in [4.78, 5) is 71.9. The molecule has 0 spiro atoms. The van der Waals surface area contributed by atoms with Gasteiger partial charge in [0.2, 0.25) is 29.5 Å². The average Bonchev–Trinajstić information content (AvgIpc) is 2.76. The summed E-state index contributed by atoms with van der Waals surface area (Å²) in [5, 5.41) is 16.8. The topological polar surface area (TPSA) is 237 Å². The smallest absolute Gasteiger partial charge is 0.326 e. The van der Waals surface area contributed by atoms with Gasteiger partial charge in [-0.25, -0.2) is 4.79 Å². The van der Waals surface area contributed by atoms with Crippen molar-refractivity contribution in [3.63, 3.8) is 0 Å². The minimum absolute atomic E-state index is 0.00260.